The summed E-state index contributed by atoms with van der Waals surface area (Å²) >= 11 is 6.35. The number of carbonyl (C=O) groups is 1. The van der Waals surface area contributed by atoms with Crippen molar-refractivity contribution in [1.29, 1.82) is 0 Å². The molecular weight excluding hydrogens is 426 g/mol. The summed E-state index contributed by atoms with van der Waals surface area (Å²) in [4.78, 5) is 12.7. The molecule has 2 aromatic carbocycles. The number of methoxy groups -OCH3 is 1. The average Bonchev–Trinajstić information content (AvgIpc) is 3.25. The molecule has 1 amide bonds. The van der Waals surface area contributed by atoms with Crippen LogP contribution in [0.5, 0.6) is 5.75 Å². The summed E-state index contributed by atoms with van der Waals surface area (Å²) in [6.07, 6.45) is 3.67. The molecule has 3 aromatic rings. The monoisotopic (exact) mass is 447 g/mol. The third-order valence-electron chi connectivity index (χ3n) is 4.43. The molecule has 0 fully saturated rings. The summed E-state index contributed by atoms with van der Waals surface area (Å²) in [7, 11) is -2.17. The van der Waals surface area contributed by atoms with Crippen LogP contribution in [-0.4, -0.2) is 39.1 Å². The Morgan fingerprint density at radius 1 is 1.10 bits per heavy atom. The van der Waals surface area contributed by atoms with Crippen LogP contribution in [0.2, 0.25) is 5.02 Å². The minimum Gasteiger partial charge on any atom is -0.496 e. The molecular formula is C21H22ClN3O4S. The van der Waals surface area contributed by atoms with Gasteiger partial charge in [-0.1, -0.05) is 29.3 Å². The highest BCUT2D eigenvalue weighted by atomic mass is 35.5. The number of halogens is 1. The zero-order valence-electron chi connectivity index (χ0n) is 16.6. The molecule has 0 radical (unpaired) electrons. The Hall–Kier alpha value is -2.81. The van der Waals surface area contributed by atoms with Crippen LogP contribution in [0.25, 0.3) is 5.69 Å². The number of ether oxygens (including phenoxy) is 1. The maximum atomic E-state index is 12.6. The fraction of sp³-hybridized carbons (Fsp3) is 0.190. The molecule has 0 aliphatic heterocycles. The van der Waals surface area contributed by atoms with Crippen molar-refractivity contribution in [3.05, 3.63) is 77.1 Å². The Morgan fingerprint density at radius 2 is 1.77 bits per heavy atom. The van der Waals surface area contributed by atoms with Gasteiger partial charge in [-0.15, -0.1) is 0 Å². The van der Waals surface area contributed by atoms with Crippen molar-refractivity contribution in [2.75, 3.05) is 20.2 Å². The fourth-order valence-corrected chi connectivity index (χ4v) is 4.13. The Kier molecular flexibility index (Phi) is 6.81. The number of sulfonamides is 1. The van der Waals surface area contributed by atoms with Crippen molar-refractivity contribution in [2.24, 2.45) is 0 Å². The molecule has 0 aliphatic rings. The number of nitrogens with one attached hydrogen (secondary N) is 2. The predicted octanol–water partition coefficient (Wildman–Crippen LogP) is 3.16. The van der Waals surface area contributed by atoms with Crippen molar-refractivity contribution in [1.82, 2.24) is 14.6 Å². The summed E-state index contributed by atoms with van der Waals surface area (Å²) < 4.78 is 34.2. The summed E-state index contributed by atoms with van der Waals surface area (Å²) in [5.74, 6) is -0.0526. The van der Waals surface area contributed by atoms with E-state index in [1.165, 1.54) is 25.3 Å². The van der Waals surface area contributed by atoms with E-state index in [0.717, 1.165) is 5.56 Å². The molecule has 30 heavy (non-hydrogen) atoms. The third-order valence-corrected chi connectivity index (χ3v) is 6.21. The quantitative estimate of drug-likeness (QED) is 0.519. The first-order valence-corrected chi connectivity index (χ1v) is 11.0. The summed E-state index contributed by atoms with van der Waals surface area (Å²) in [5, 5.41) is 3.06. The molecule has 2 N–H and O–H groups in total. The van der Waals surface area contributed by atoms with Gasteiger partial charge < -0.3 is 14.6 Å². The molecule has 0 saturated carbocycles. The molecule has 1 aromatic heterocycles. The van der Waals surface area contributed by atoms with Gasteiger partial charge in [-0.25, -0.2) is 13.1 Å². The number of benzene rings is 2. The Bertz CT molecular complexity index is 1130. The third kappa shape index (κ3) is 5.02. The van der Waals surface area contributed by atoms with Crippen molar-refractivity contribution < 1.29 is 17.9 Å². The molecule has 0 aliphatic carbocycles. The van der Waals surface area contributed by atoms with Gasteiger partial charge in [0.2, 0.25) is 10.0 Å². The Balaban J connectivity index is 1.63. The summed E-state index contributed by atoms with van der Waals surface area (Å²) in [5.41, 5.74) is 1.91. The van der Waals surface area contributed by atoms with Gasteiger partial charge in [-0.05, 0) is 37.3 Å². The Morgan fingerprint density at radius 3 is 2.40 bits per heavy atom. The van der Waals surface area contributed by atoms with E-state index in [9.17, 15) is 13.2 Å². The molecule has 0 saturated heterocycles. The van der Waals surface area contributed by atoms with Gasteiger partial charge in [0, 0.05) is 31.5 Å². The van der Waals surface area contributed by atoms with Crippen LogP contribution in [0.15, 0.2) is 65.8 Å². The van der Waals surface area contributed by atoms with Gasteiger partial charge in [0.25, 0.3) is 5.91 Å². The van der Waals surface area contributed by atoms with Gasteiger partial charge in [0.05, 0.1) is 28.3 Å². The Labute approximate surface area is 180 Å². The molecule has 0 bridgehead atoms. The molecule has 7 nitrogen and oxygen atoms in total. The van der Waals surface area contributed by atoms with E-state index in [2.05, 4.69) is 10.0 Å². The van der Waals surface area contributed by atoms with E-state index in [0.29, 0.717) is 16.5 Å². The first-order chi connectivity index (χ1) is 14.3. The van der Waals surface area contributed by atoms with Crippen molar-refractivity contribution in [2.45, 2.75) is 11.8 Å². The van der Waals surface area contributed by atoms with Crippen molar-refractivity contribution in [3.63, 3.8) is 0 Å². The zero-order valence-corrected chi connectivity index (χ0v) is 18.1. The fourth-order valence-electron chi connectivity index (χ4n) is 2.84. The highest BCUT2D eigenvalue weighted by molar-refractivity contribution is 7.89. The number of carbonyl (C=O) groups excluding carboxylic acids is 1. The highest BCUT2D eigenvalue weighted by Crippen LogP contribution is 2.29. The maximum Gasteiger partial charge on any atom is 0.255 e. The van der Waals surface area contributed by atoms with Gasteiger partial charge in [0.1, 0.15) is 5.75 Å². The average molecular weight is 448 g/mol. The minimum absolute atomic E-state index is 0.0411. The topological polar surface area (TPSA) is 89.4 Å². The van der Waals surface area contributed by atoms with Gasteiger partial charge >= 0.3 is 0 Å². The van der Waals surface area contributed by atoms with Crippen LogP contribution < -0.4 is 14.8 Å². The summed E-state index contributed by atoms with van der Waals surface area (Å²) in [6, 6.07) is 13.5. The molecule has 0 unspecified atom stereocenters. The lowest BCUT2D eigenvalue weighted by molar-refractivity contribution is 0.0951. The molecule has 1 heterocycles. The van der Waals surface area contributed by atoms with Crippen LogP contribution in [0.3, 0.4) is 0 Å². The SMILES string of the molecule is COc1cc(-n2cccc2)c(Cl)cc1C(=O)NCCNS(=O)(=O)c1ccc(C)cc1. The molecule has 0 atom stereocenters. The van der Waals surface area contributed by atoms with Gasteiger partial charge in [-0.3, -0.25) is 4.79 Å². The van der Waals surface area contributed by atoms with Crippen LogP contribution in [0.1, 0.15) is 15.9 Å². The molecule has 0 spiro atoms. The summed E-state index contributed by atoms with van der Waals surface area (Å²) in [6.45, 7) is 2.02. The van der Waals surface area contributed by atoms with Crippen molar-refractivity contribution in [3.8, 4) is 11.4 Å². The molecule has 9 heteroatoms. The first-order valence-electron chi connectivity index (χ1n) is 9.17. The lowest BCUT2D eigenvalue weighted by atomic mass is 10.1. The minimum atomic E-state index is -3.64. The van der Waals surface area contributed by atoms with E-state index in [4.69, 9.17) is 16.3 Å². The second-order valence-corrected chi connectivity index (χ2v) is 8.74. The van der Waals surface area contributed by atoms with Gasteiger partial charge in [-0.2, -0.15) is 0 Å². The second-order valence-electron chi connectivity index (χ2n) is 6.56. The number of aryl methyl sites for hydroxylation is 1. The first kappa shape index (κ1) is 21.9. The maximum absolute atomic E-state index is 12.6. The second kappa shape index (κ2) is 9.34. The molecule has 3 rings (SSSR count). The lowest BCUT2D eigenvalue weighted by Gasteiger charge is -2.14. The van der Waals surface area contributed by atoms with E-state index >= 15 is 0 Å². The smallest absolute Gasteiger partial charge is 0.255 e. The van der Waals surface area contributed by atoms with E-state index < -0.39 is 15.9 Å². The van der Waals surface area contributed by atoms with Crippen molar-refractivity contribution >= 4 is 27.5 Å². The number of hydrogen-bond acceptors (Lipinski definition) is 4. The van der Waals surface area contributed by atoms with E-state index in [-0.39, 0.29) is 23.5 Å². The van der Waals surface area contributed by atoms with Crippen LogP contribution in [-0.2, 0) is 10.0 Å². The standard InChI is InChI=1S/C21H22ClN3O4S/c1-15-5-7-16(8-6-15)30(27,28)24-10-9-23-21(26)17-13-18(22)19(14-20(17)29-2)25-11-3-4-12-25/h3-8,11-14,24H,9-10H2,1-2H3,(H,23,26). The van der Waals surface area contributed by atoms with E-state index in [1.807, 2.05) is 36.0 Å². The zero-order chi connectivity index (χ0) is 21.7. The van der Waals surface area contributed by atoms with Crippen LogP contribution in [0.4, 0.5) is 0 Å². The number of amides is 1. The van der Waals surface area contributed by atoms with E-state index in [1.54, 1.807) is 18.2 Å². The normalized spacial score (nSPS) is 11.3. The number of rotatable bonds is 8. The number of hydrogen-bond donors (Lipinski definition) is 2. The van der Waals surface area contributed by atoms with Crippen LogP contribution in [0, 0.1) is 6.92 Å². The predicted molar refractivity (Wildman–Crippen MR) is 116 cm³/mol. The number of aromatic nitrogens is 1. The van der Waals surface area contributed by atoms with Crippen LogP contribution >= 0.6 is 11.6 Å². The lowest BCUT2D eigenvalue weighted by Crippen LogP contribution is -2.34. The largest absolute Gasteiger partial charge is 0.496 e. The number of nitrogens with zero attached hydrogens (tertiary/aromatic N) is 1. The molecule has 158 valence electrons. The van der Waals surface area contributed by atoms with Gasteiger partial charge in [0.15, 0.2) is 0 Å². The highest BCUT2D eigenvalue weighted by Gasteiger charge is 2.17.